The highest BCUT2D eigenvalue weighted by Gasteiger charge is 2.02. The van der Waals surface area contributed by atoms with Crippen LogP contribution in [0.1, 0.15) is 26.1 Å². The molecule has 0 aromatic carbocycles. The lowest BCUT2D eigenvalue weighted by Crippen LogP contribution is -2.20. The van der Waals surface area contributed by atoms with Crippen molar-refractivity contribution in [2.24, 2.45) is 0 Å². The average molecular weight is 228 g/mol. The van der Waals surface area contributed by atoms with Gasteiger partial charge in [-0.3, -0.25) is 0 Å². The minimum Gasteiger partial charge on any atom is -0.310 e. The van der Waals surface area contributed by atoms with E-state index in [1.54, 1.807) is 6.33 Å². The van der Waals surface area contributed by atoms with Crippen LogP contribution in [0.5, 0.6) is 0 Å². The molecule has 0 spiro atoms. The molecule has 0 fully saturated rings. The Labute approximate surface area is 95.9 Å². The molecule has 0 saturated heterocycles. The van der Waals surface area contributed by atoms with E-state index in [4.69, 9.17) is 0 Å². The van der Waals surface area contributed by atoms with E-state index < -0.39 is 0 Å². The maximum absolute atomic E-state index is 4.21. The summed E-state index contributed by atoms with van der Waals surface area (Å²) >= 11 is 1.91. The lowest BCUT2D eigenvalue weighted by molar-refractivity contribution is 0.564. The summed E-state index contributed by atoms with van der Waals surface area (Å²) in [6.45, 7) is 7.07. The molecule has 0 bridgehead atoms. The van der Waals surface area contributed by atoms with Crippen molar-refractivity contribution in [3.63, 3.8) is 0 Å². The van der Waals surface area contributed by atoms with Gasteiger partial charge in [0, 0.05) is 11.8 Å². The predicted molar refractivity (Wildman–Crippen MR) is 65.0 cm³/mol. The van der Waals surface area contributed by atoms with Crippen LogP contribution in [-0.4, -0.2) is 32.8 Å². The van der Waals surface area contributed by atoms with Gasteiger partial charge in [-0.1, -0.05) is 6.92 Å². The van der Waals surface area contributed by atoms with Crippen LogP contribution in [0.15, 0.2) is 6.33 Å². The SMILES string of the molecule is CCn1ncnc1CNCCC(C)SC. The maximum Gasteiger partial charge on any atom is 0.140 e. The lowest BCUT2D eigenvalue weighted by atomic mass is 10.3. The molecule has 5 heteroatoms. The average Bonchev–Trinajstić information content (AvgIpc) is 2.71. The molecule has 4 nitrogen and oxygen atoms in total. The first-order valence-corrected chi connectivity index (χ1v) is 6.67. The Morgan fingerprint density at radius 1 is 1.60 bits per heavy atom. The van der Waals surface area contributed by atoms with E-state index in [-0.39, 0.29) is 0 Å². The fourth-order valence-electron chi connectivity index (χ4n) is 1.31. The largest absolute Gasteiger partial charge is 0.310 e. The van der Waals surface area contributed by atoms with Gasteiger partial charge in [0.05, 0.1) is 6.54 Å². The van der Waals surface area contributed by atoms with Gasteiger partial charge >= 0.3 is 0 Å². The Bertz CT molecular complexity index is 274. The zero-order valence-electron chi connectivity index (χ0n) is 9.73. The Balaban J connectivity index is 2.20. The monoisotopic (exact) mass is 228 g/mol. The number of hydrogen-bond acceptors (Lipinski definition) is 4. The third kappa shape index (κ3) is 4.22. The highest BCUT2D eigenvalue weighted by atomic mass is 32.2. The molecule has 0 aliphatic carbocycles. The Hall–Kier alpha value is -0.550. The third-order valence-corrected chi connectivity index (χ3v) is 3.45. The summed E-state index contributed by atoms with van der Waals surface area (Å²) in [7, 11) is 0. The van der Waals surface area contributed by atoms with E-state index in [0.29, 0.717) is 0 Å². The number of thioether (sulfide) groups is 1. The van der Waals surface area contributed by atoms with E-state index >= 15 is 0 Å². The van der Waals surface area contributed by atoms with Crippen LogP contribution < -0.4 is 5.32 Å². The van der Waals surface area contributed by atoms with Crippen molar-refractivity contribution >= 4 is 11.8 Å². The topological polar surface area (TPSA) is 42.7 Å². The molecule has 1 heterocycles. The van der Waals surface area contributed by atoms with Crippen molar-refractivity contribution < 1.29 is 0 Å². The minimum atomic E-state index is 0.724. The molecule has 1 rings (SSSR count). The molecule has 15 heavy (non-hydrogen) atoms. The van der Waals surface area contributed by atoms with E-state index in [1.807, 2.05) is 16.4 Å². The molecule has 0 radical (unpaired) electrons. The van der Waals surface area contributed by atoms with E-state index in [0.717, 1.165) is 30.7 Å². The second-order valence-electron chi connectivity index (χ2n) is 3.50. The Kier molecular flexibility index (Phi) is 5.71. The highest BCUT2D eigenvalue weighted by Crippen LogP contribution is 2.07. The van der Waals surface area contributed by atoms with Crippen molar-refractivity contribution in [3.8, 4) is 0 Å². The second-order valence-corrected chi connectivity index (χ2v) is 4.78. The van der Waals surface area contributed by atoms with Crippen LogP contribution in [0.25, 0.3) is 0 Å². The summed E-state index contributed by atoms with van der Waals surface area (Å²) in [6, 6.07) is 0. The summed E-state index contributed by atoms with van der Waals surface area (Å²) in [5.74, 6) is 1.02. The van der Waals surface area contributed by atoms with E-state index in [2.05, 4.69) is 35.5 Å². The van der Waals surface area contributed by atoms with Crippen LogP contribution in [0.4, 0.5) is 0 Å². The van der Waals surface area contributed by atoms with Crippen molar-refractivity contribution in [2.75, 3.05) is 12.8 Å². The smallest absolute Gasteiger partial charge is 0.140 e. The normalized spacial score (nSPS) is 13.0. The molecule has 0 aliphatic rings. The van der Waals surface area contributed by atoms with Gasteiger partial charge in [0.15, 0.2) is 0 Å². The minimum absolute atomic E-state index is 0.724. The molecule has 86 valence electrons. The molecule has 1 aromatic heterocycles. The molecule has 1 aromatic rings. The fraction of sp³-hybridized carbons (Fsp3) is 0.800. The first-order chi connectivity index (χ1) is 7.27. The number of nitrogens with one attached hydrogen (secondary N) is 1. The molecular weight excluding hydrogens is 208 g/mol. The van der Waals surface area contributed by atoms with Crippen LogP contribution in [0.3, 0.4) is 0 Å². The molecule has 0 saturated carbocycles. The van der Waals surface area contributed by atoms with Gasteiger partial charge in [-0.2, -0.15) is 16.9 Å². The van der Waals surface area contributed by atoms with Crippen molar-refractivity contribution in [2.45, 2.75) is 38.6 Å². The highest BCUT2D eigenvalue weighted by molar-refractivity contribution is 7.99. The van der Waals surface area contributed by atoms with Crippen LogP contribution in [0.2, 0.25) is 0 Å². The van der Waals surface area contributed by atoms with Crippen LogP contribution >= 0.6 is 11.8 Å². The Morgan fingerprint density at radius 2 is 2.40 bits per heavy atom. The number of rotatable bonds is 7. The summed E-state index contributed by atoms with van der Waals surface area (Å²) in [6.07, 6.45) is 4.96. The summed E-state index contributed by atoms with van der Waals surface area (Å²) in [5.41, 5.74) is 0. The molecule has 1 N–H and O–H groups in total. The van der Waals surface area contributed by atoms with Gasteiger partial charge in [0.2, 0.25) is 0 Å². The van der Waals surface area contributed by atoms with Crippen molar-refractivity contribution in [1.82, 2.24) is 20.1 Å². The summed E-state index contributed by atoms with van der Waals surface area (Å²) < 4.78 is 1.92. The van der Waals surface area contributed by atoms with Gasteiger partial charge in [-0.15, -0.1) is 0 Å². The van der Waals surface area contributed by atoms with Gasteiger partial charge in [-0.05, 0) is 26.1 Å². The third-order valence-electron chi connectivity index (χ3n) is 2.41. The zero-order chi connectivity index (χ0) is 11.1. The summed E-state index contributed by atoms with van der Waals surface area (Å²) in [4.78, 5) is 4.21. The van der Waals surface area contributed by atoms with E-state index in [9.17, 15) is 0 Å². The number of hydrogen-bond donors (Lipinski definition) is 1. The first-order valence-electron chi connectivity index (χ1n) is 5.38. The molecule has 1 atom stereocenters. The van der Waals surface area contributed by atoms with Gasteiger partial charge in [0.25, 0.3) is 0 Å². The standard InChI is InChI=1S/C10H20N4S/c1-4-14-10(12-8-13-14)7-11-6-5-9(2)15-3/h8-9,11H,4-7H2,1-3H3. The Morgan fingerprint density at radius 3 is 3.07 bits per heavy atom. The van der Waals surface area contributed by atoms with Crippen LogP contribution in [-0.2, 0) is 13.1 Å². The van der Waals surface area contributed by atoms with Crippen molar-refractivity contribution in [3.05, 3.63) is 12.2 Å². The van der Waals surface area contributed by atoms with Crippen LogP contribution in [0, 0.1) is 0 Å². The number of aromatic nitrogens is 3. The molecule has 0 aliphatic heterocycles. The quantitative estimate of drug-likeness (QED) is 0.719. The predicted octanol–water partition coefficient (Wildman–Crippen LogP) is 1.53. The van der Waals surface area contributed by atoms with Gasteiger partial charge in [-0.25, -0.2) is 9.67 Å². The first kappa shape index (κ1) is 12.5. The van der Waals surface area contributed by atoms with E-state index in [1.165, 1.54) is 6.42 Å². The zero-order valence-corrected chi connectivity index (χ0v) is 10.5. The maximum atomic E-state index is 4.21. The fourth-order valence-corrected chi connectivity index (χ4v) is 1.67. The summed E-state index contributed by atoms with van der Waals surface area (Å²) in [5, 5.41) is 8.24. The van der Waals surface area contributed by atoms with Gasteiger partial charge in [0.1, 0.15) is 12.2 Å². The molecule has 0 amide bonds. The number of aryl methyl sites for hydroxylation is 1. The molecular formula is C10H20N4S. The molecule has 1 unspecified atom stereocenters. The second kappa shape index (κ2) is 6.85. The lowest BCUT2D eigenvalue weighted by Gasteiger charge is -2.09. The van der Waals surface area contributed by atoms with Crippen molar-refractivity contribution in [1.29, 1.82) is 0 Å². The number of nitrogens with zero attached hydrogens (tertiary/aromatic N) is 3. The van der Waals surface area contributed by atoms with Gasteiger partial charge < -0.3 is 5.32 Å².